The number of rotatable bonds is 2. The molecule has 1 heterocycles. The van der Waals surface area contributed by atoms with E-state index >= 15 is 0 Å². The molecule has 0 saturated heterocycles. The average molecular weight is 221 g/mol. The van der Waals surface area contributed by atoms with Crippen LogP contribution >= 0.6 is 27.3 Å². The van der Waals surface area contributed by atoms with Crippen molar-refractivity contribution >= 4 is 32.3 Å². The van der Waals surface area contributed by atoms with Crippen LogP contribution < -0.4 is 10.6 Å². The van der Waals surface area contributed by atoms with Gasteiger partial charge in [-0.15, -0.1) is 11.3 Å². The quantitative estimate of drug-likeness (QED) is 0.772. The van der Waals surface area contributed by atoms with Gasteiger partial charge < -0.3 is 10.6 Å². The summed E-state index contributed by atoms with van der Waals surface area (Å²) in [6, 6.07) is 2.05. The van der Waals surface area contributed by atoms with Crippen molar-refractivity contribution in [3.8, 4) is 0 Å². The second-order valence-corrected chi connectivity index (χ2v) is 3.79. The lowest BCUT2D eigenvalue weighted by Gasteiger charge is -2.12. The smallest absolute Gasteiger partial charge is 0.0927 e. The average Bonchev–Trinajstić information content (AvgIpc) is 2.34. The summed E-state index contributed by atoms with van der Waals surface area (Å²) in [5.41, 5.74) is 5.43. The summed E-state index contributed by atoms with van der Waals surface area (Å²) in [6.07, 6.45) is 0. The number of nitrogens with zero attached hydrogens (tertiary/aromatic N) is 1. The molecule has 0 amide bonds. The molecule has 0 atom stereocenters. The Balaban J connectivity index is 2.74. The van der Waals surface area contributed by atoms with Crippen molar-refractivity contribution < 1.29 is 0 Å². The SMILES string of the molecule is CN(CN)c1cc(Br)cs1. The van der Waals surface area contributed by atoms with Crippen molar-refractivity contribution in [1.82, 2.24) is 0 Å². The summed E-state index contributed by atoms with van der Waals surface area (Å²) in [7, 11) is 1.97. The van der Waals surface area contributed by atoms with Gasteiger partial charge in [0, 0.05) is 16.9 Å². The first-order valence-corrected chi connectivity index (χ1v) is 4.56. The normalized spacial score (nSPS) is 9.90. The minimum absolute atomic E-state index is 0.562. The van der Waals surface area contributed by atoms with Crippen LogP contribution in [0.15, 0.2) is 15.9 Å². The molecule has 0 spiro atoms. The van der Waals surface area contributed by atoms with Gasteiger partial charge in [0.15, 0.2) is 0 Å². The third-order valence-corrected chi connectivity index (χ3v) is 3.01. The number of hydrogen-bond acceptors (Lipinski definition) is 3. The second-order valence-electron chi connectivity index (χ2n) is 1.98. The van der Waals surface area contributed by atoms with E-state index in [1.165, 1.54) is 5.00 Å². The predicted octanol–water partition coefficient (Wildman–Crippen LogP) is 1.86. The minimum Gasteiger partial charge on any atom is -0.354 e. The molecule has 0 unspecified atom stereocenters. The van der Waals surface area contributed by atoms with E-state index in [9.17, 15) is 0 Å². The Kier molecular flexibility index (Phi) is 2.71. The van der Waals surface area contributed by atoms with Crippen LogP contribution in [0, 0.1) is 0 Å². The zero-order valence-electron chi connectivity index (χ0n) is 5.67. The van der Waals surface area contributed by atoms with Crippen LogP contribution in [0.25, 0.3) is 0 Å². The Bertz CT molecular complexity index is 211. The zero-order valence-corrected chi connectivity index (χ0v) is 8.08. The molecule has 0 aromatic carbocycles. The van der Waals surface area contributed by atoms with E-state index in [0.29, 0.717) is 6.67 Å². The highest BCUT2D eigenvalue weighted by Gasteiger charge is 1.99. The zero-order chi connectivity index (χ0) is 7.56. The van der Waals surface area contributed by atoms with E-state index in [0.717, 1.165) is 4.47 Å². The Hall–Kier alpha value is -0.0600. The van der Waals surface area contributed by atoms with Crippen LogP contribution in [0.1, 0.15) is 0 Å². The van der Waals surface area contributed by atoms with E-state index in [1.54, 1.807) is 11.3 Å². The second kappa shape index (κ2) is 3.37. The number of anilines is 1. The van der Waals surface area contributed by atoms with E-state index in [4.69, 9.17) is 5.73 Å². The van der Waals surface area contributed by atoms with Crippen molar-refractivity contribution in [2.45, 2.75) is 0 Å². The van der Waals surface area contributed by atoms with Gasteiger partial charge in [-0.25, -0.2) is 0 Å². The van der Waals surface area contributed by atoms with Crippen LogP contribution in [0.3, 0.4) is 0 Å². The van der Waals surface area contributed by atoms with E-state index < -0.39 is 0 Å². The van der Waals surface area contributed by atoms with Crippen LogP contribution in [-0.2, 0) is 0 Å². The molecule has 0 saturated carbocycles. The highest BCUT2D eigenvalue weighted by Crippen LogP contribution is 2.26. The standard InChI is InChI=1S/C6H9BrN2S/c1-9(4-8)6-2-5(7)3-10-6/h2-3H,4,8H2,1H3. The minimum atomic E-state index is 0.562. The topological polar surface area (TPSA) is 29.3 Å². The lowest BCUT2D eigenvalue weighted by molar-refractivity contribution is 0.944. The highest BCUT2D eigenvalue weighted by molar-refractivity contribution is 9.10. The molecular weight excluding hydrogens is 212 g/mol. The Morgan fingerprint density at radius 2 is 2.50 bits per heavy atom. The first kappa shape index (κ1) is 8.04. The molecule has 1 rings (SSSR count). The van der Waals surface area contributed by atoms with Crippen LogP contribution in [0.4, 0.5) is 5.00 Å². The van der Waals surface area contributed by atoms with Crippen molar-refractivity contribution in [1.29, 1.82) is 0 Å². The fourth-order valence-electron chi connectivity index (χ4n) is 0.593. The maximum Gasteiger partial charge on any atom is 0.0927 e. The lowest BCUT2D eigenvalue weighted by Crippen LogP contribution is -2.23. The molecule has 0 radical (unpaired) electrons. The Morgan fingerprint density at radius 3 is 2.90 bits per heavy atom. The Labute approximate surface area is 72.8 Å². The van der Waals surface area contributed by atoms with Gasteiger partial charge in [0.25, 0.3) is 0 Å². The van der Waals surface area contributed by atoms with Crippen LogP contribution in [0.5, 0.6) is 0 Å². The predicted molar refractivity (Wildman–Crippen MR) is 49.5 cm³/mol. The van der Waals surface area contributed by atoms with Crippen LogP contribution in [0.2, 0.25) is 0 Å². The molecule has 0 bridgehead atoms. The van der Waals surface area contributed by atoms with Gasteiger partial charge in [-0.2, -0.15) is 0 Å². The summed E-state index contributed by atoms with van der Waals surface area (Å²) in [6.45, 7) is 0.562. The molecule has 0 fully saturated rings. The first-order chi connectivity index (χ1) is 4.74. The van der Waals surface area contributed by atoms with Crippen LogP contribution in [-0.4, -0.2) is 13.7 Å². The number of nitrogens with two attached hydrogens (primary N) is 1. The fourth-order valence-corrected chi connectivity index (χ4v) is 1.99. The number of halogens is 1. The van der Waals surface area contributed by atoms with Gasteiger partial charge >= 0.3 is 0 Å². The highest BCUT2D eigenvalue weighted by atomic mass is 79.9. The third kappa shape index (κ3) is 1.71. The van der Waals surface area contributed by atoms with Gasteiger partial charge in [0.1, 0.15) is 0 Å². The lowest BCUT2D eigenvalue weighted by atomic mass is 10.6. The molecule has 0 aliphatic heterocycles. The van der Waals surface area contributed by atoms with Crippen molar-refractivity contribution in [3.05, 3.63) is 15.9 Å². The molecule has 1 aromatic rings. The first-order valence-electron chi connectivity index (χ1n) is 2.89. The van der Waals surface area contributed by atoms with Gasteiger partial charge in [-0.1, -0.05) is 0 Å². The number of hydrogen-bond donors (Lipinski definition) is 1. The van der Waals surface area contributed by atoms with Gasteiger partial charge in [0.2, 0.25) is 0 Å². The maximum atomic E-state index is 5.43. The van der Waals surface area contributed by atoms with Gasteiger partial charge in [0.05, 0.1) is 11.7 Å². The van der Waals surface area contributed by atoms with E-state index in [2.05, 4.69) is 22.0 Å². The molecule has 1 aromatic heterocycles. The largest absolute Gasteiger partial charge is 0.354 e. The summed E-state index contributed by atoms with van der Waals surface area (Å²) < 4.78 is 1.12. The molecule has 2 nitrogen and oxygen atoms in total. The summed E-state index contributed by atoms with van der Waals surface area (Å²) >= 11 is 5.05. The molecule has 56 valence electrons. The van der Waals surface area contributed by atoms with Crippen molar-refractivity contribution in [2.24, 2.45) is 5.73 Å². The monoisotopic (exact) mass is 220 g/mol. The fraction of sp³-hybridized carbons (Fsp3) is 0.333. The van der Waals surface area contributed by atoms with Crippen molar-refractivity contribution in [2.75, 3.05) is 18.6 Å². The van der Waals surface area contributed by atoms with Gasteiger partial charge in [-0.05, 0) is 22.0 Å². The molecule has 10 heavy (non-hydrogen) atoms. The molecule has 4 heteroatoms. The number of thiophene rings is 1. The summed E-state index contributed by atoms with van der Waals surface area (Å²) in [4.78, 5) is 2.00. The molecular formula is C6H9BrN2S. The molecule has 0 aliphatic rings. The summed E-state index contributed by atoms with van der Waals surface area (Å²) in [5, 5.41) is 3.23. The summed E-state index contributed by atoms with van der Waals surface area (Å²) in [5.74, 6) is 0. The van der Waals surface area contributed by atoms with Gasteiger partial charge in [-0.3, -0.25) is 0 Å². The third-order valence-electron chi connectivity index (χ3n) is 1.20. The molecule has 2 N–H and O–H groups in total. The van der Waals surface area contributed by atoms with E-state index in [-0.39, 0.29) is 0 Å². The maximum absolute atomic E-state index is 5.43. The van der Waals surface area contributed by atoms with E-state index in [1.807, 2.05) is 17.3 Å². The van der Waals surface area contributed by atoms with Crippen molar-refractivity contribution in [3.63, 3.8) is 0 Å². The molecule has 0 aliphatic carbocycles. The Morgan fingerprint density at radius 1 is 1.80 bits per heavy atom.